The zero-order valence-corrected chi connectivity index (χ0v) is 13.7. The second-order valence-electron chi connectivity index (χ2n) is 4.78. The third-order valence-electron chi connectivity index (χ3n) is 3.10. The molecule has 0 atom stereocenters. The van der Waals surface area contributed by atoms with Crippen molar-refractivity contribution in [1.82, 2.24) is 15.1 Å². The molecule has 1 amide bonds. The van der Waals surface area contributed by atoms with Crippen LogP contribution in [0.3, 0.4) is 0 Å². The molecule has 0 aliphatic carbocycles. The summed E-state index contributed by atoms with van der Waals surface area (Å²) in [4.78, 5) is 20.3. The van der Waals surface area contributed by atoms with Gasteiger partial charge in [0.1, 0.15) is 0 Å². The molecule has 0 unspecified atom stereocenters. The number of benzene rings is 1. The van der Waals surface area contributed by atoms with Crippen molar-refractivity contribution >= 4 is 27.5 Å². The van der Waals surface area contributed by atoms with E-state index in [1.54, 1.807) is 18.5 Å². The highest BCUT2D eigenvalue weighted by Gasteiger charge is 2.11. The third-order valence-corrected chi connectivity index (χ3v) is 3.79. The minimum Gasteiger partial charge on any atom is -0.339 e. The number of hydrogen-bond acceptors (Lipinski definition) is 5. The molecule has 0 saturated heterocycles. The number of aromatic nitrogens is 3. The number of rotatable bonds is 5. The lowest BCUT2D eigenvalue weighted by atomic mass is 10.2. The number of nitrogens with zero attached hydrogens (tertiary/aromatic N) is 3. The van der Waals surface area contributed by atoms with Gasteiger partial charge in [-0.3, -0.25) is 9.78 Å². The van der Waals surface area contributed by atoms with Gasteiger partial charge in [0.2, 0.25) is 17.6 Å². The summed E-state index contributed by atoms with van der Waals surface area (Å²) in [5.74, 6) is 0.781. The van der Waals surface area contributed by atoms with Crippen molar-refractivity contribution < 1.29 is 9.32 Å². The molecule has 0 spiro atoms. The van der Waals surface area contributed by atoms with E-state index in [4.69, 9.17) is 4.52 Å². The number of carbonyl (C=O) groups excluding carboxylic acids is 1. The molecule has 2 aromatic heterocycles. The number of nitrogens with one attached hydrogen (secondary N) is 1. The number of amides is 1. The Hall–Kier alpha value is -2.54. The van der Waals surface area contributed by atoms with Gasteiger partial charge >= 0.3 is 0 Å². The summed E-state index contributed by atoms with van der Waals surface area (Å²) in [7, 11) is 0. The molecule has 1 aromatic carbocycles. The van der Waals surface area contributed by atoms with Gasteiger partial charge in [-0.05, 0) is 40.2 Å². The van der Waals surface area contributed by atoms with Gasteiger partial charge in [0.05, 0.1) is 5.69 Å². The Morgan fingerprint density at radius 2 is 2.09 bits per heavy atom. The van der Waals surface area contributed by atoms with E-state index in [2.05, 4.69) is 36.4 Å². The molecule has 6 nitrogen and oxygen atoms in total. The van der Waals surface area contributed by atoms with E-state index < -0.39 is 0 Å². The molecular formula is C16H13BrN4O2. The van der Waals surface area contributed by atoms with Crippen molar-refractivity contribution in [3.8, 4) is 11.4 Å². The van der Waals surface area contributed by atoms with Gasteiger partial charge < -0.3 is 9.84 Å². The Kier molecular flexibility index (Phi) is 4.77. The minimum absolute atomic E-state index is 0.113. The molecule has 0 fully saturated rings. The molecular weight excluding hydrogens is 360 g/mol. The zero-order chi connectivity index (χ0) is 16.1. The smallest absolute Gasteiger partial charge is 0.227 e. The van der Waals surface area contributed by atoms with Crippen LogP contribution in [0.5, 0.6) is 0 Å². The van der Waals surface area contributed by atoms with E-state index in [1.165, 1.54) is 0 Å². The van der Waals surface area contributed by atoms with Crippen molar-refractivity contribution in [2.75, 3.05) is 5.32 Å². The second kappa shape index (κ2) is 7.15. The normalized spacial score (nSPS) is 10.5. The summed E-state index contributed by atoms with van der Waals surface area (Å²) < 4.78 is 6.00. The minimum atomic E-state index is -0.113. The van der Waals surface area contributed by atoms with E-state index in [0.717, 1.165) is 15.7 Å². The number of para-hydroxylation sites is 1. The van der Waals surface area contributed by atoms with Crippen molar-refractivity contribution in [3.05, 3.63) is 59.2 Å². The SMILES string of the molecule is O=C(CCc1nc(-c2cccnc2)no1)Nc1ccccc1Br. The van der Waals surface area contributed by atoms with Crippen LogP contribution in [0, 0.1) is 0 Å². The highest BCUT2D eigenvalue weighted by molar-refractivity contribution is 9.10. The standard InChI is InChI=1S/C16H13BrN4O2/c17-12-5-1-2-6-13(12)19-14(22)7-8-15-20-16(21-23-15)11-4-3-9-18-10-11/h1-6,9-10H,7-8H2,(H,19,22). The molecule has 0 aliphatic heterocycles. The molecule has 116 valence electrons. The molecule has 23 heavy (non-hydrogen) atoms. The lowest BCUT2D eigenvalue weighted by molar-refractivity contribution is -0.116. The highest BCUT2D eigenvalue weighted by atomic mass is 79.9. The largest absolute Gasteiger partial charge is 0.339 e. The van der Waals surface area contributed by atoms with Gasteiger partial charge in [-0.25, -0.2) is 0 Å². The average Bonchev–Trinajstić information content (AvgIpc) is 3.05. The summed E-state index contributed by atoms with van der Waals surface area (Å²) in [6.45, 7) is 0. The van der Waals surface area contributed by atoms with Crippen molar-refractivity contribution in [2.24, 2.45) is 0 Å². The van der Waals surface area contributed by atoms with E-state index in [-0.39, 0.29) is 12.3 Å². The average molecular weight is 373 g/mol. The Morgan fingerprint density at radius 1 is 1.22 bits per heavy atom. The van der Waals surface area contributed by atoms with Crippen LogP contribution in [0.15, 0.2) is 57.8 Å². The fourth-order valence-corrected chi connectivity index (χ4v) is 2.35. The Bertz CT molecular complexity index is 805. The fourth-order valence-electron chi connectivity index (χ4n) is 1.96. The number of hydrogen-bond donors (Lipinski definition) is 1. The van der Waals surface area contributed by atoms with Crippen molar-refractivity contribution in [1.29, 1.82) is 0 Å². The zero-order valence-electron chi connectivity index (χ0n) is 12.1. The van der Waals surface area contributed by atoms with Crippen LogP contribution in [-0.2, 0) is 11.2 Å². The first-order chi connectivity index (χ1) is 11.2. The maximum Gasteiger partial charge on any atom is 0.227 e. The van der Waals surface area contributed by atoms with Crippen molar-refractivity contribution in [3.63, 3.8) is 0 Å². The number of anilines is 1. The molecule has 2 heterocycles. The summed E-state index contributed by atoms with van der Waals surface area (Å²) in [6.07, 6.45) is 3.98. The predicted octanol–water partition coefficient (Wildman–Crippen LogP) is 3.47. The second-order valence-corrected chi connectivity index (χ2v) is 5.64. The van der Waals surface area contributed by atoms with Crippen LogP contribution in [0.25, 0.3) is 11.4 Å². The van der Waals surface area contributed by atoms with Gasteiger partial charge in [0, 0.05) is 35.3 Å². The van der Waals surface area contributed by atoms with Crippen LogP contribution >= 0.6 is 15.9 Å². The third kappa shape index (κ3) is 4.01. The maximum atomic E-state index is 12.0. The van der Waals surface area contributed by atoms with E-state index in [1.807, 2.05) is 30.3 Å². The van der Waals surface area contributed by atoms with Gasteiger partial charge in [0.25, 0.3) is 0 Å². The number of halogens is 1. The molecule has 3 aromatic rings. The lowest BCUT2D eigenvalue weighted by Gasteiger charge is -2.05. The molecule has 0 aliphatic rings. The monoisotopic (exact) mass is 372 g/mol. The molecule has 1 N–H and O–H groups in total. The van der Waals surface area contributed by atoms with Crippen LogP contribution in [0.4, 0.5) is 5.69 Å². The summed E-state index contributed by atoms with van der Waals surface area (Å²) >= 11 is 3.39. The predicted molar refractivity (Wildman–Crippen MR) is 88.6 cm³/mol. The number of pyridine rings is 1. The first-order valence-electron chi connectivity index (χ1n) is 7.00. The topological polar surface area (TPSA) is 80.9 Å². The first-order valence-corrected chi connectivity index (χ1v) is 7.79. The van der Waals surface area contributed by atoms with E-state index in [0.29, 0.717) is 18.1 Å². The van der Waals surface area contributed by atoms with Crippen LogP contribution in [-0.4, -0.2) is 21.0 Å². The molecule has 0 saturated carbocycles. The molecule has 0 radical (unpaired) electrons. The molecule has 0 bridgehead atoms. The van der Waals surface area contributed by atoms with Crippen LogP contribution in [0.1, 0.15) is 12.3 Å². The van der Waals surface area contributed by atoms with Gasteiger partial charge in [0.15, 0.2) is 0 Å². The Labute approximate surface area is 141 Å². The lowest BCUT2D eigenvalue weighted by Crippen LogP contribution is -2.12. The quantitative estimate of drug-likeness (QED) is 0.741. The van der Waals surface area contributed by atoms with E-state index >= 15 is 0 Å². The highest BCUT2D eigenvalue weighted by Crippen LogP contribution is 2.21. The number of carbonyl (C=O) groups is 1. The van der Waals surface area contributed by atoms with Gasteiger partial charge in [-0.15, -0.1) is 0 Å². The number of aryl methyl sites for hydroxylation is 1. The molecule has 3 rings (SSSR count). The van der Waals surface area contributed by atoms with Gasteiger partial charge in [-0.1, -0.05) is 17.3 Å². The Morgan fingerprint density at radius 3 is 2.87 bits per heavy atom. The summed E-state index contributed by atoms with van der Waals surface area (Å²) in [5.41, 5.74) is 1.51. The maximum absolute atomic E-state index is 12.0. The van der Waals surface area contributed by atoms with Gasteiger partial charge in [-0.2, -0.15) is 4.98 Å². The van der Waals surface area contributed by atoms with Crippen LogP contribution in [0.2, 0.25) is 0 Å². The first kappa shape index (κ1) is 15.4. The van der Waals surface area contributed by atoms with Crippen LogP contribution < -0.4 is 5.32 Å². The van der Waals surface area contributed by atoms with E-state index in [9.17, 15) is 4.79 Å². The summed E-state index contributed by atoms with van der Waals surface area (Å²) in [6, 6.07) is 11.1. The van der Waals surface area contributed by atoms with Crippen molar-refractivity contribution in [2.45, 2.75) is 12.8 Å². The fraction of sp³-hybridized carbons (Fsp3) is 0.125. The summed E-state index contributed by atoms with van der Waals surface area (Å²) in [5, 5.41) is 6.73. The molecule has 7 heteroatoms. The Balaban J connectivity index is 1.58.